The van der Waals surface area contributed by atoms with Crippen molar-refractivity contribution < 1.29 is 46.0 Å². The van der Waals surface area contributed by atoms with Crippen LogP contribution in [-0.2, 0) is 26.2 Å². The molecule has 0 aliphatic carbocycles. The van der Waals surface area contributed by atoms with Crippen LogP contribution >= 0.6 is 0 Å². The van der Waals surface area contributed by atoms with E-state index in [1.54, 1.807) is 0 Å². The fourth-order valence-electron chi connectivity index (χ4n) is 1.82. The second kappa shape index (κ2) is 29.4. The predicted molar refractivity (Wildman–Crippen MR) is 123 cm³/mol. The summed E-state index contributed by atoms with van der Waals surface area (Å²) in [4.78, 5) is 19.2. The van der Waals surface area contributed by atoms with Crippen LogP contribution in [0.15, 0.2) is 0 Å². The number of unbranched alkanes of at least 4 members (excludes halogenated alkanes) is 2. The zero-order valence-electron chi connectivity index (χ0n) is 19.8. The van der Waals surface area contributed by atoms with Crippen LogP contribution in [0.4, 0.5) is 0 Å². The normalized spacial score (nSPS) is 10.2. The summed E-state index contributed by atoms with van der Waals surface area (Å²) >= 11 is 0. The zero-order chi connectivity index (χ0) is 21.5. The van der Waals surface area contributed by atoms with Gasteiger partial charge in [-0.3, -0.25) is 0 Å². The Bertz CT molecular complexity index is 195. The van der Waals surface area contributed by atoms with Crippen molar-refractivity contribution in [1.29, 1.82) is 0 Å². The minimum Gasteiger partial charge on any atom is -0.432 e. The molecule has 0 rings (SSSR count). The van der Waals surface area contributed by atoms with Gasteiger partial charge in [0.1, 0.15) is 0 Å². The molecule has 168 valence electrons. The third-order valence-electron chi connectivity index (χ3n) is 4.97. The van der Waals surface area contributed by atoms with E-state index in [0.29, 0.717) is 13.2 Å². The Morgan fingerprint density at radius 2 is 0.667 bits per heavy atom. The average molecular weight is 504 g/mol. The van der Waals surface area contributed by atoms with Crippen molar-refractivity contribution in [3.8, 4) is 0 Å². The van der Waals surface area contributed by atoms with E-state index < -0.39 is 16.6 Å². The van der Waals surface area contributed by atoms with E-state index in [-0.39, 0.29) is 26.2 Å². The first-order valence-corrected chi connectivity index (χ1v) is 16.0. The summed E-state index contributed by atoms with van der Waals surface area (Å²) in [5.74, 6) is 0. The number of rotatable bonds is 10. The Balaban J connectivity index is -0.0000000807. The minimum atomic E-state index is -1.67. The maximum Gasteiger partial charge on any atom is 0.187 e. The van der Waals surface area contributed by atoms with Crippen molar-refractivity contribution in [3.05, 3.63) is 0 Å². The summed E-state index contributed by atoms with van der Waals surface area (Å²) in [5, 5.41) is 16.1. The standard InChI is InChI=1S/2C6H16OSi.2C4H10O.Zr/c2*1-4-8(7,5-2)6-3;2*1-2-3-4-5;/h2*7H,4-6H2,1-3H3;2*5H,2-4H2,1H3;. The largest absolute Gasteiger partial charge is 0.432 e. The molecule has 0 fully saturated rings. The summed E-state index contributed by atoms with van der Waals surface area (Å²) in [6.07, 6.45) is 4.08. The number of aliphatic hydroxyl groups is 2. The van der Waals surface area contributed by atoms with Gasteiger partial charge in [-0.1, -0.05) is 68.2 Å². The van der Waals surface area contributed by atoms with E-state index in [4.69, 9.17) is 10.2 Å². The summed E-state index contributed by atoms with van der Waals surface area (Å²) in [6.45, 7) is 17.3. The summed E-state index contributed by atoms with van der Waals surface area (Å²) in [5.41, 5.74) is 0. The van der Waals surface area contributed by atoms with Gasteiger partial charge in [0, 0.05) is 39.4 Å². The quantitative estimate of drug-likeness (QED) is 0.296. The molecule has 0 saturated carbocycles. The Kier molecular flexibility index (Phi) is 42.1. The summed E-state index contributed by atoms with van der Waals surface area (Å²) in [7, 11) is -3.34. The number of hydrogen-bond acceptors (Lipinski definition) is 4. The molecule has 0 unspecified atom stereocenters. The molecule has 0 spiro atoms. The first kappa shape index (κ1) is 38.7. The van der Waals surface area contributed by atoms with Gasteiger partial charge in [0.05, 0.1) is 0 Å². The molecular formula is C20H52O4Si2Zr. The molecule has 0 heterocycles. The van der Waals surface area contributed by atoms with Crippen LogP contribution in [0.25, 0.3) is 0 Å². The molecule has 0 saturated heterocycles. The van der Waals surface area contributed by atoms with Gasteiger partial charge >= 0.3 is 0 Å². The zero-order valence-corrected chi connectivity index (χ0v) is 24.2. The molecule has 0 amide bonds. The molecule has 4 N–H and O–H groups in total. The van der Waals surface area contributed by atoms with Crippen LogP contribution in [-0.4, -0.2) is 49.7 Å². The van der Waals surface area contributed by atoms with Crippen molar-refractivity contribution in [2.45, 2.75) is 117 Å². The van der Waals surface area contributed by atoms with Crippen molar-refractivity contribution in [2.75, 3.05) is 13.2 Å². The maximum atomic E-state index is 9.58. The van der Waals surface area contributed by atoms with Gasteiger partial charge in [0.2, 0.25) is 0 Å². The summed E-state index contributed by atoms with van der Waals surface area (Å²) in [6, 6.07) is 6.08. The van der Waals surface area contributed by atoms with Gasteiger partial charge in [0.15, 0.2) is 16.6 Å². The molecule has 27 heavy (non-hydrogen) atoms. The molecule has 0 radical (unpaired) electrons. The number of hydrogen-bond donors (Lipinski definition) is 4. The topological polar surface area (TPSA) is 80.9 Å². The third kappa shape index (κ3) is 32.1. The van der Waals surface area contributed by atoms with Crippen molar-refractivity contribution in [3.63, 3.8) is 0 Å². The molecule has 0 aromatic rings. The van der Waals surface area contributed by atoms with Gasteiger partial charge in [-0.25, -0.2) is 0 Å². The molecular weight excluding hydrogens is 452 g/mol. The average Bonchev–Trinajstić information content (AvgIpc) is 2.69. The van der Waals surface area contributed by atoms with E-state index in [1.165, 1.54) is 0 Å². The first-order valence-electron chi connectivity index (χ1n) is 10.9. The van der Waals surface area contributed by atoms with Gasteiger partial charge in [-0.2, -0.15) is 0 Å². The van der Waals surface area contributed by atoms with Crippen LogP contribution in [0, 0.1) is 0 Å². The van der Waals surface area contributed by atoms with E-state index in [2.05, 4.69) is 55.4 Å². The predicted octanol–water partition coefficient (Wildman–Crippen LogP) is 5.52. The van der Waals surface area contributed by atoms with Gasteiger partial charge in [-0.05, 0) is 49.1 Å². The van der Waals surface area contributed by atoms with Crippen LogP contribution in [0.2, 0.25) is 36.3 Å². The molecule has 0 aromatic carbocycles. The van der Waals surface area contributed by atoms with E-state index >= 15 is 0 Å². The van der Waals surface area contributed by atoms with Crippen LogP contribution in [0.1, 0.15) is 81.1 Å². The first-order chi connectivity index (χ1) is 12.2. The van der Waals surface area contributed by atoms with Crippen molar-refractivity contribution in [1.82, 2.24) is 0 Å². The summed E-state index contributed by atoms with van der Waals surface area (Å²) < 4.78 is 0. The Morgan fingerprint density at radius 1 is 0.481 bits per heavy atom. The Hall–Kier alpha value is 1.16. The van der Waals surface area contributed by atoms with Crippen LogP contribution in [0.5, 0.6) is 0 Å². The van der Waals surface area contributed by atoms with Crippen molar-refractivity contribution >= 4 is 16.6 Å². The second-order valence-electron chi connectivity index (χ2n) is 6.72. The van der Waals surface area contributed by atoms with Crippen molar-refractivity contribution in [2.24, 2.45) is 0 Å². The van der Waals surface area contributed by atoms with Crippen LogP contribution in [0.3, 0.4) is 0 Å². The fourth-order valence-corrected chi connectivity index (χ4v) is 4.82. The molecule has 4 nitrogen and oxygen atoms in total. The monoisotopic (exact) mass is 502 g/mol. The molecule has 0 bridgehead atoms. The van der Waals surface area contributed by atoms with E-state index in [1.807, 2.05) is 0 Å². The third-order valence-corrected chi connectivity index (χ3v) is 12.9. The van der Waals surface area contributed by atoms with Gasteiger partial charge < -0.3 is 19.8 Å². The van der Waals surface area contributed by atoms with E-state index in [9.17, 15) is 9.59 Å². The Morgan fingerprint density at radius 3 is 0.667 bits per heavy atom. The second-order valence-corrected chi connectivity index (χ2v) is 15.9. The Labute approximate surface area is 192 Å². The molecule has 0 aromatic heterocycles. The fraction of sp³-hybridized carbons (Fsp3) is 1.00. The number of aliphatic hydroxyl groups excluding tert-OH is 2. The maximum absolute atomic E-state index is 9.58. The van der Waals surface area contributed by atoms with Gasteiger partial charge in [0.25, 0.3) is 0 Å². The molecule has 0 aliphatic rings. The minimum absolute atomic E-state index is 0. The molecule has 0 atom stereocenters. The van der Waals surface area contributed by atoms with Crippen LogP contribution < -0.4 is 0 Å². The molecule has 0 aliphatic heterocycles. The smallest absolute Gasteiger partial charge is 0.187 e. The van der Waals surface area contributed by atoms with E-state index in [0.717, 1.165) is 61.9 Å². The molecule has 7 heteroatoms. The van der Waals surface area contributed by atoms with Gasteiger partial charge in [-0.15, -0.1) is 0 Å². The SMILES string of the molecule is CCCCO.CCCCO.CC[Si](O)(CC)CC.CC[Si](O)(CC)CC.[Zr].